The summed E-state index contributed by atoms with van der Waals surface area (Å²) >= 11 is 0. The van der Waals surface area contributed by atoms with Crippen LogP contribution in [-0.2, 0) is 94.0 Å². The van der Waals surface area contributed by atoms with Gasteiger partial charge in [-0.15, -0.1) is 24.0 Å². The zero-order valence-electron chi connectivity index (χ0n) is 11.0. The summed E-state index contributed by atoms with van der Waals surface area (Å²) in [4.78, 5) is 21.1. The first kappa shape index (κ1) is 29.3. The number of halogens is 1. The van der Waals surface area contributed by atoms with Crippen molar-refractivity contribution in [3.05, 3.63) is 25.3 Å². The van der Waals surface area contributed by atoms with E-state index in [-0.39, 0.29) is 123 Å². The van der Waals surface area contributed by atoms with Crippen molar-refractivity contribution in [1.82, 2.24) is 0 Å². The summed E-state index contributed by atoms with van der Waals surface area (Å²) < 4.78 is 19.1. The van der Waals surface area contributed by atoms with Crippen LogP contribution in [0.15, 0.2) is 13.2 Å². The van der Waals surface area contributed by atoms with Crippen LogP contribution in [0.3, 0.4) is 0 Å². The minimum absolute atomic E-state index is 0. The van der Waals surface area contributed by atoms with Gasteiger partial charge in [-0.05, 0) is 0 Å². The summed E-state index contributed by atoms with van der Waals surface area (Å²) in [5.74, 6) is -1.25. The summed E-state index contributed by atoms with van der Waals surface area (Å²) in [5.41, 5.74) is 0. The van der Waals surface area contributed by atoms with E-state index < -0.39 is 11.9 Å². The van der Waals surface area contributed by atoms with Crippen molar-refractivity contribution in [3.8, 4) is 0 Å². The average molecular weight is 548 g/mol. The van der Waals surface area contributed by atoms with Crippen LogP contribution in [-0.4, -0.2) is 45.2 Å². The number of esters is 2. The van der Waals surface area contributed by atoms with Crippen molar-refractivity contribution in [2.24, 2.45) is 0 Å². The van der Waals surface area contributed by atoms with E-state index in [2.05, 4.69) is 22.6 Å². The number of carbonyl (C=O) groups excluding carboxylic acids is 2. The van der Waals surface area contributed by atoms with Gasteiger partial charge in [0, 0.05) is 65.4 Å². The molecule has 0 aromatic rings. The van der Waals surface area contributed by atoms with E-state index in [0.717, 1.165) is 0 Å². The van der Waals surface area contributed by atoms with Crippen LogP contribution in [0.2, 0.25) is 0 Å². The van der Waals surface area contributed by atoms with Crippen LogP contribution >= 0.6 is 24.0 Å². The molecule has 0 bridgehead atoms. The molecule has 0 aliphatic carbocycles. The number of rotatable bonds is 10. The molecule has 0 N–H and O–H groups in total. The summed E-state index contributed by atoms with van der Waals surface area (Å²) in [7, 11) is 0. The maximum absolute atomic E-state index is 10.5. The Morgan fingerprint density at radius 2 is 1.15 bits per heavy atom. The van der Waals surface area contributed by atoms with Crippen LogP contribution < -0.4 is 0 Å². The molecule has 110 valence electrons. The molecule has 0 unspecified atom stereocenters. The predicted molar refractivity (Wildman–Crippen MR) is 71.8 cm³/mol. The van der Waals surface area contributed by atoms with E-state index >= 15 is 0 Å². The zero-order valence-corrected chi connectivity index (χ0v) is 19.0. The Labute approximate surface area is 186 Å². The van der Waals surface area contributed by atoms with Crippen molar-refractivity contribution in [3.63, 3.8) is 0 Å². The molecule has 9 heteroatoms. The van der Waals surface area contributed by atoms with Crippen LogP contribution in [0.4, 0.5) is 0 Å². The molecule has 0 rings (SSSR count). The Morgan fingerprint density at radius 1 is 0.800 bits per heavy atom. The van der Waals surface area contributed by atoms with E-state index in [1.165, 1.54) is 0 Å². The predicted octanol–water partition coefficient (Wildman–Crippen LogP) is 0.655. The summed E-state index contributed by atoms with van der Waals surface area (Å²) in [6.07, 6.45) is 4.08. The van der Waals surface area contributed by atoms with Gasteiger partial charge in [0.05, 0.1) is 13.2 Å². The molecule has 0 spiro atoms. The molecular formula is C11H15IO6Y2-2. The van der Waals surface area contributed by atoms with Crippen molar-refractivity contribution >= 4 is 35.9 Å². The largest absolute Gasteiger partial charge is 0.488 e. The molecule has 6 nitrogen and oxygen atoms in total. The van der Waals surface area contributed by atoms with E-state index in [0.29, 0.717) is 0 Å². The van der Waals surface area contributed by atoms with Gasteiger partial charge in [0.25, 0.3) is 0 Å². The number of hydrogen-bond donors (Lipinski definition) is 0. The number of hydrogen-bond acceptors (Lipinski definition) is 6. The fourth-order valence-corrected chi connectivity index (χ4v) is 0.665. The molecule has 0 atom stereocenters. The third-order valence-electron chi connectivity index (χ3n) is 1.38. The third-order valence-corrected chi connectivity index (χ3v) is 1.38. The maximum Gasteiger partial charge on any atom is 0.147 e. The van der Waals surface area contributed by atoms with Crippen LogP contribution in [0.1, 0.15) is 0 Å². The molecule has 0 amide bonds. The maximum atomic E-state index is 10.5. The Kier molecular flexibility index (Phi) is 33.1. The number of carbonyl (C=O) groups is 2. The molecule has 0 heterocycles. The average Bonchev–Trinajstić information content (AvgIpc) is 2.35. The Balaban J connectivity index is -0.000000427. The molecule has 0 aromatic heterocycles. The normalized spacial score (nSPS) is 8.00. The first-order valence-corrected chi connectivity index (χ1v) is 4.76. The van der Waals surface area contributed by atoms with E-state index in [4.69, 9.17) is 9.47 Å². The van der Waals surface area contributed by atoms with Gasteiger partial charge >= 0.3 is 0 Å². The van der Waals surface area contributed by atoms with Gasteiger partial charge < -0.3 is 31.1 Å². The van der Waals surface area contributed by atoms with Crippen molar-refractivity contribution in [2.75, 3.05) is 33.2 Å². The van der Waals surface area contributed by atoms with Gasteiger partial charge in [-0.2, -0.15) is 0 Å². The Bertz CT molecular complexity index is 250. The Hall–Kier alpha value is 1.28. The van der Waals surface area contributed by atoms with E-state index in [9.17, 15) is 9.59 Å². The second-order valence-corrected chi connectivity index (χ2v) is 2.56. The van der Waals surface area contributed by atoms with Gasteiger partial charge in [0.2, 0.25) is 0 Å². The van der Waals surface area contributed by atoms with Gasteiger partial charge in [0.15, 0.2) is 0 Å². The molecule has 20 heavy (non-hydrogen) atoms. The van der Waals surface area contributed by atoms with Crippen LogP contribution in [0.25, 0.3) is 0 Å². The van der Waals surface area contributed by atoms with Gasteiger partial charge in [-0.25, -0.2) is 0 Å². The molecule has 0 saturated carbocycles. The van der Waals surface area contributed by atoms with Crippen LogP contribution in [0, 0.1) is 12.2 Å². The van der Waals surface area contributed by atoms with Gasteiger partial charge in [0.1, 0.15) is 31.9 Å². The molecule has 0 aromatic carbocycles. The van der Waals surface area contributed by atoms with Crippen molar-refractivity contribution in [2.45, 2.75) is 0 Å². The third kappa shape index (κ3) is 21.6. The summed E-state index contributed by atoms with van der Waals surface area (Å²) in [6, 6.07) is 0. The fourth-order valence-electron chi connectivity index (χ4n) is 0.665. The van der Waals surface area contributed by atoms with Crippen molar-refractivity contribution in [1.29, 1.82) is 0 Å². The fraction of sp³-hybridized carbons (Fsp3) is 0.455. The summed E-state index contributed by atoms with van der Waals surface area (Å²) in [6.45, 7) is 6.86. The first-order chi connectivity index (χ1) is 8.20. The molecule has 0 aliphatic heterocycles. The minimum atomic E-state index is -0.623. The molecule has 0 aliphatic rings. The van der Waals surface area contributed by atoms with Crippen molar-refractivity contribution < 1.29 is 94.0 Å². The SMILES string of the molecule is C=[C-]C(=O)OCCOCOCCOC(=O)[C-]=C.I.[Y].[Y]. The molecular weight excluding hydrogens is 533 g/mol. The van der Waals surface area contributed by atoms with Gasteiger partial charge in [-0.3, -0.25) is 22.7 Å². The Morgan fingerprint density at radius 3 is 1.45 bits per heavy atom. The number of ether oxygens (including phenoxy) is 4. The van der Waals surface area contributed by atoms with Gasteiger partial charge in [-0.1, -0.05) is 0 Å². The zero-order chi connectivity index (χ0) is 12.9. The van der Waals surface area contributed by atoms with E-state index in [1.807, 2.05) is 12.2 Å². The van der Waals surface area contributed by atoms with Crippen LogP contribution in [0.5, 0.6) is 0 Å². The molecule has 0 saturated heterocycles. The smallest absolute Gasteiger partial charge is 0.147 e. The molecule has 0 fully saturated rings. The standard InChI is InChI=1S/C11H14O6.HI.2Y/c1-3-10(12)16-7-5-14-9-15-6-8-17-11(13)4-2;;;/h1-2,5-9H2;1H;;/q-2;;;. The second-order valence-electron chi connectivity index (χ2n) is 2.56. The minimum Gasteiger partial charge on any atom is -0.488 e. The second kappa shape index (κ2) is 22.6. The quantitative estimate of drug-likeness (QED) is 0.0999. The monoisotopic (exact) mass is 548 g/mol. The molecule has 2 radical (unpaired) electrons. The van der Waals surface area contributed by atoms with E-state index in [1.54, 1.807) is 0 Å². The summed E-state index contributed by atoms with van der Waals surface area (Å²) in [5, 5.41) is 0. The first-order valence-electron chi connectivity index (χ1n) is 4.76. The topological polar surface area (TPSA) is 71.1 Å².